The number of primary amides is 1. The van der Waals surface area contributed by atoms with E-state index >= 15 is 4.39 Å². The molecule has 2 aliphatic heterocycles. The van der Waals surface area contributed by atoms with E-state index < -0.39 is 5.91 Å². The molecular formula is C28H34FN3O3. The van der Waals surface area contributed by atoms with Crippen LogP contribution < -0.4 is 10.6 Å². The highest BCUT2D eigenvalue weighted by molar-refractivity contribution is 5.93. The number of carbonyl (C=O) groups is 2. The summed E-state index contributed by atoms with van der Waals surface area (Å²) in [5.74, 6) is -0.466. The third kappa shape index (κ3) is 4.31. The monoisotopic (exact) mass is 479 g/mol. The number of aliphatic hydroxyl groups is 1. The van der Waals surface area contributed by atoms with Crippen LogP contribution in [0.5, 0.6) is 0 Å². The fourth-order valence-electron chi connectivity index (χ4n) is 6.37. The highest BCUT2D eigenvalue weighted by Crippen LogP contribution is 2.45. The third-order valence-corrected chi connectivity index (χ3v) is 8.55. The molecule has 35 heavy (non-hydrogen) atoms. The van der Waals surface area contributed by atoms with Crippen LogP contribution in [0.15, 0.2) is 36.4 Å². The largest absolute Gasteiger partial charge is 0.393 e. The van der Waals surface area contributed by atoms with Gasteiger partial charge in [0.25, 0.3) is 0 Å². The Hall–Kier alpha value is -2.93. The van der Waals surface area contributed by atoms with Crippen molar-refractivity contribution in [3.63, 3.8) is 0 Å². The van der Waals surface area contributed by atoms with E-state index in [-0.39, 0.29) is 29.3 Å². The molecule has 2 saturated heterocycles. The maximum Gasteiger partial charge on any atom is 0.248 e. The highest BCUT2D eigenvalue weighted by atomic mass is 19.1. The smallest absolute Gasteiger partial charge is 0.248 e. The van der Waals surface area contributed by atoms with Gasteiger partial charge in [0, 0.05) is 31.2 Å². The Morgan fingerprint density at radius 2 is 1.63 bits per heavy atom. The van der Waals surface area contributed by atoms with Crippen molar-refractivity contribution in [2.24, 2.45) is 11.1 Å². The molecular weight excluding hydrogens is 445 g/mol. The van der Waals surface area contributed by atoms with Gasteiger partial charge in [-0.2, -0.15) is 0 Å². The predicted molar refractivity (Wildman–Crippen MR) is 134 cm³/mol. The number of halogens is 1. The first-order valence-corrected chi connectivity index (χ1v) is 12.7. The molecule has 3 N–H and O–H groups in total. The van der Waals surface area contributed by atoms with E-state index in [9.17, 15) is 14.7 Å². The topological polar surface area (TPSA) is 86.9 Å². The van der Waals surface area contributed by atoms with Crippen molar-refractivity contribution < 1.29 is 19.1 Å². The molecule has 1 aliphatic carbocycles. The Kier molecular flexibility index (Phi) is 6.30. The van der Waals surface area contributed by atoms with Gasteiger partial charge < -0.3 is 20.6 Å². The number of nitrogens with two attached hydrogens (primary N) is 1. The van der Waals surface area contributed by atoms with Crippen LogP contribution in [0.25, 0.3) is 11.1 Å². The zero-order chi connectivity index (χ0) is 24.7. The summed E-state index contributed by atoms with van der Waals surface area (Å²) in [7, 11) is 0. The number of amides is 2. The van der Waals surface area contributed by atoms with Crippen molar-refractivity contribution in [3.05, 3.63) is 53.3 Å². The van der Waals surface area contributed by atoms with Crippen LogP contribution in [-0.4, -0.2) is 53.6 Å². The molecule has 5 rings (SSSR count). The Morgan fingerprint density at radius 3 is 2.26 bits per heavy atom. The number of hydrogen-bond acceptors (Lipinski definition) is 4. The van der Waals surface area contributed by atoms with Gasteiger partial charge in [0.1, 0.15) is 5.82 Å². The van der Waals surface area contributed by atoms with E-state index in [1.165, 1.54) is 6.07 Å². The van der Waals surface area contributed by atoms with Gasteiger partial charge >= 0.3 is 0 Å². The first-order valence-electron chi connectivity index (χ1n) is 12.7. The summed E-state index contributed by atoms with van der Waals surface area (Å²) < 4.78 is 15.1. The maximum absolute atomic E-state index is 15.1. The minimum absolute atomic E-state index is 0.226. The standard InChI is InChI=1S/C28H34FN3O3/c1-18-23(19-2-4-20(5-3-19)26(30)34)10-11-24(29)25(18)31-15-12-28(13-16-31)14-17-32(27(28)35)21-6-8-22(33)9-7-21/h2-5,10-11,21-22,33H,6-9,12-17H2,1H3,(H2,30,34)/t21-,22+. The van der Waals surface area contributed by atoms with Crippen LogP contribution in [0.1, 0.15) is 60.9 Å². The van der Waals surface area contributed by atoms with Gasteiger partial charge in [-0.05, 0) is 86.8 Å². The summed E-state index contributed by atoms with van der Waals surface area (Å²) >= 11 is 0. The average Bonchev–Trinajstić information content (AvgIpc) is 3.16. The quantitative estimate of drug-likeness (QED) is 0.694. The Balaban J connectivity index is 1.32. The van der Waals surface area contributed by atoms with E-state index in [1.54, 1.807) is 18.2 Å². The van der Waals surface area contributed by atoms with E-state index in [4.69, 9.17) is 5.73 Å². The highest BCUT2D eigenvalue weighted by Gasteiger charge is 2.50. The van der Waals surface area contributed by atoms with Gasteiger partial charge in [0.05, 0.1) is 17.2 Å². The van der Waals surface area contributed by atoms with Crippen molar-refractivity contribution in [2.75, 3.05) is 24.5 Å². The molecule has 2 aromatic rings. The minimum Gasteiger partial charge on any atom is -0.393 e. The minimum atomic E-state index is -0.476. The molecule has 2 aromatic carbocycles. The molecule has 3 fully saturated rings. The molecule has 0 radical (unpaired) electrons. The van der Waals surface area contributed by atoms with Crippen LogP contribution >= 0.6 is 0 Å². The van der Waals surface area contributed by atoms with Crippen LogP contribution in [0.2, 0.25) is 0 Å². The van der Waals surface area contributed by atoms with E-state index in [1.807, 2.05) is 19.1 Å². The SMILES string of the molecule is Cc1c(-c2ccc(C(N)=O)cc2)ccc(F)c1N1CCC2(CC1)CCN([C@H]1CC[C@@H](O)CC1)C2=O. The van der Waals surface area contributed by atoms with E-state index in [0.717, 1.165) is 68.2 Å². The number of carbonyl (C=O) groups excluding carboxylic acids is 2. The van der Waals surface area contributed by atoms with Crippen molar-refractivity contribution in [2.45, 2.75) is 64.0 Å². The molecule has 1 spiro atoms. The van der Waals surface area contributed by atoms with Crippen LogP contribution in [-0.2, 0) is 4.79 Å². The van der Waals surface area contributed by atoms with Crippen molar-refractivity contribution >= 4 is 17.5 Å². The van der Waals surface area contributed by atoms with Gasteiger partial charge in [0.2, 0.25) is 11.8 Å². The first-order chi connectivity index (χ1) is 16.8. The molecule has 7 heteroatoms. The molecule has 0 atom stereocenters. The van der Waals surface area contributed by atoms with E-state index in [0.29, 0.717) is 24.3 Å². The fourth-order valence-corrected chi connectivity index (χ4v) is 6.37. The summed E-state index contributed by atoms with van der Waals surface area (Å²) in [6.45, 7) is 4.01. The summed E-state index contributed by atoms with van der Waals surface area (Å²) in [6.07, 6.45) is 5.41. The number of anilines is 1. The lowest BCUT2D eigenvalue weighted by Crippen LogP contribution is -2.47. The van der Waals surface area contributed by atoms with Crippen LogP contribution in [0.3, 0.4) is 0 Å². The van der Waals surface area contributed by atoms with Gasteiger partial charge in [-0.1, -0.05) is 18.2 Å². The zero-order valence-corrected chi connectivity index (χ0v) is 20.3. The first kappa shape index (κ1) is 23.8. The number of rotatable bonds is 4. The number of hydrogen-bond donors (Lipinski definition) is 2. The lowest BCUT2D eigenvalue weighted by Gasteiger charge is -2.41. The molecule has 1 saturated carbocycles. The second-order valence-electron chi connectivity index (χ2n) is 10.5. The van der Waals surface area contributed by atoms with Crippen molar-refractivity contribution in [1.82, 2.24) is 4.90 Å². The molecule has 0 bridgehead atoms. The average molecular weight is 480 g/mol. The number of benzene rings is 2. The Bertz CT molecular complexity index is 1120. The molecule has 6 nitrogen and oxygen atoms in total. The maximum atomic E-state index is 15.1. The van der Waals surface area contributed by atoms with Gasteiger partial charge in [-0.25, -0.2) is 4.39 Å². The number of aliphatic hydroxyl groups excluding tert-OH is 1. The lowest BCUT2D eigenvalue weighted by atomic mass is 9.76. The molecule has 0 aromatic heterocycles. The van der Waals surface area contributed by atoms with Crippen molar-refractivity contribution in [3.8, 4) is 11.1 Å². The second-order valence-corrected chi connectivity index (χ2v) is 10.5. The third-order valence-electron chi connectivity index (χ3n) is 8.55. The Labute approximate surface area is 205 Å². The number of piperidine rings is 1. The second kappa shape index (κ2) is 9.26. The molecule has 3 aliphatic rings. The number of nitrogens with zero attached hydrogens (tertiary/aromatic N) is 2. The normalized spacial score (nSPS) is 24.3. The van der Waals surface area contributed by atoms with Crippen LogP contribution in [0, 0.1) is 18.2 Å². The van der Waals surface area contributed by atoms with Crippen LogP contribution in [0.4, 0.5) is 10.1 Å². The summed E-state index contributed by atoms with van der Waals surface area (Å²) in [6, 6.07) is 10.6. The molecule has 2 heterocycles. The molecule has 2 amide bonds. The van der Waals surface area contributed by atoms with Gasteiger partial charge in [-0.15, -0.1) is 0 Å². The molecule has 0 unspecified atom stereocenters. The van der Waals surface area contributed by atoms with E-state index in [2.05, 4.69) is 9.80 Å². The van der Waals surface area contributed by atoms with Gasteiger partial charge in [0.15, 0.2) is 0 Å². The van der Waals surface area contributed by atoms with Crippen molar-refractivity contribution in [1.29, 1.82) is 0 Å². The lowest BCUT2D eigenvalue weighted by molar-refractivity contribution is -0.139. The fraction of sp³-hybridized carbons (Fsp3) is 0.500. The van der Waals surface area contributed by atoms with Gasteiger partial charge in [-0.3, -0.25) is 9.59 Å². The summed E-state index contributed by atoms with van der Waals surface area (Å²) in [5.41, 5.74) is 8.74. The molecule has 186 valence electrons. The summed E-state index contributed by atoms with van der Waals surface area (Å²) in [5, 5.41) is 9.83. The number of likely N-dealkylation sites (tertiary alicyclic amines) is 1. The Morgan fingerprint density at radius 1 is 1.00 bits per heavy atom. The zero-order valence-electron chi connectivity index (χ0n) is 20.3. The predicted octanol–water partition coefficient (Wildman–Crippen LogP) is 4.02. The summed E-state index contributed by atoms with van der Waals surface area (Å²) in [4.78, 5) is 29.1.